The second kappa shape index (κ2) is 7.65. The van der Waals surface area contributed by atoms with Gasteiger partial charge in [0.2, 0.25) is 0 Å². The fourth-order valence-electron chi connectivity index (χ4n) is 3.74. The first-order chi connectivity index (χ1) is 13.2. The molecule has 2 aromatic rings. The van der Waals surface area contributed by atoms with Crippen molar-refractivity contribution in [1.82, 2.24) is 4.90 Å². The number of piperidine rings is 1. The number of rotatable bonds is 5. The number of methoxy groups -OCH3 is 1. The maximum absolute atomic E-state index is 12.9. The minimum Gasteiger partial charge on any atom is -0.380 e. The van der Waals surface area contributed by atoms with E-state index in [2.05, 4.69) is 0 Å². The van der Waals surface area contributed by atoms with Crippen molar-refractivity contribution in [3.05, 3.63) is 59.7 Å². The number of carbonyl (C=O) groups excluding carboxylic acids is 2. The molecule has 1 aliphatic carbocycles. The molecule has 0 spiro atoms. The Kier molecular flexibility index (Phi) is 5.08. The molecule has 140 valence electrons. The quantitative estimate of drug-likeness (QED) is 0.748. The topological polar surface area (TPSA) is 46.6 Å². The summed E-state index contributed by atoms with van der Waals surface area (Å²) in [5.74, 6) is 0.541. The maximum atomic E-state index is 12.9. The number of Topliss-reactive ketones (excluding diaryl/α,β-unsaturated/α-hetero) is 1. The second-order valence-corrected chi connectivity index (χ2v) is 7.55. The summed E-state index contributed by atoms with van der Waals surface area (Å²) >= 11 is 0. The van der Waals surface area contributed by atoms with E-state index in [0.29, 0.717) is 12.1 Å². The van der Waals surface area contributed by atoms with Gasteiger partial charge in [-0.2, -0.15) is 0 Å². The lowest BCUT2D eigenvalue weighted by molar-refractivity contribution is 0.0269. The average molecular weight is 363 g/mol. The van der Waals surface area contributed by atoms with E-state index in [1.165, 1.54) is 0 Å². The Morgan fingerprint density at radius 2 is 1.74 bits per heavy atom. The lowest BCUT2D eigenvalue weighted by Gasteiger charge is -2.32. The van der Waals surface area contributed by atoms with Gasteiger partial charge in [-0.15, -0.1) is 0 Å². The van der Waals surface area contributed by atoms with Crippen molar-refractivity contribution in [2.45, 2.75) is 31.8 Å². The first-order valence-electron chi connectivity index (χ1n) is 9.72. The van der Waals surface area contributed by atoms with E-state index >= 15 is 0 Å². The number of hydrogen-bond acceptors (Lipinski definition) is 3. The predicted octanol–water partition coefficient (Wildman–Crippen LogP) is 4.20. The number of likely N-dealkylation sites (tertiary alicyclic amines) is 1. The zero-order valence-corrected chi connectivity index (χ0v) is 15.7. The molecule has 1 saturated carbocycles. The summed E-state index contributed by atoms with van der Waals surface area (Å²) in [6.07, 6.45) is 4.14. The smallest absolute Gasteiger partial charge is 0.253 e. The molecule has 2 fully saturated rings. The van der Waals surface area contributed by atoms with Crippen LogP contribution in [0.4, 0.5) is 0 Å². The van der Waals surface area contributed by atoms with Gasteiger partial charge in [0.15, 0.2) is 5.78 Å². The molecular formula is C23H25NO3. The summed E-state index contributed by atoms with van der Waals surface area (Å²) in [6.45, 7) is 1.43. The normalized spacial score (nSPS) is 19.7. The molecule has 1 saturated heterocycles. The van der Waals surface area contributed by atoms with Crippen LogP contribution in [0.25, 0.3) is 11.1 Å². The first-order valence-corrected chi connectivity index (χ1v) is 9.72. The van der Waals surface area contributed by atoms with Crippen molar-refractivity contribution >= 4 is 11.7 Å². The van der Waals surface area contributed by atoms with Gasteiger partial charge in [0.1, 0.15) is 0 Å². The van der Waals surface area contributed by atoms with Crippen molar-refractivity contribution in [2.75, 3.05) is 20.2 Å². The standard InChI is InChI=1S/C23H25NO3/c1-27-21-6-3-13-24(15-21)23(26)20-5-2-4-19(14-20)16-7-9-17(10-8-16)22(25)18-11-12-18/h2,4-5,7-10,14,18,21H,3,6,11-13,15H2,1H3/t21-/m0/s1. The summed E-state index contributed by atoms with van der Waals surface area (Å²) in [5.41, 5.74) is 3.49. The largest absolute Gasteiger partial charge is 0.380 e. The minimum absolute atomic E-state index is 0.0548. The third-order valence-electron chi connectivity index (χ3n) is 5.56. The lowest BCUT2D eigenvalue weighted by atomic mass is 9.99. The van der Waals surface area contributed by atoms with Gasteiger partial charge in [0, 0.05) is 37.2 Å². The van der Waals surface area contributed by atoms with Gasteiger partial charge in [-0.3, -0.25) is 9.59 Å². The summed E-state index contributed by atoms with van der Waals surface area (Å²) in [6, 6.07) is 15.5. The molecule has 4 rings (SSSR count). The second-order valence-electron chi connectivity index (χ2n) is 7.55. The fraction of sp³-hybridized carbons (Fsp3) is 0.391. The van der Waals surface area contributed by atoms with Crippen LogP contribution in [-0.4, -0.2) is 42.9 Å². The number of ketones is 1. The van der Waals surface area contributed by atoms with Crippen molar-refractivity contribution < 1.29 is 14.3 Å². The Balaban J connectivity index is 1.51. The number of hydrogen-bond donors (Lipinski definition) is 0. The lowest BCUT2D eigenvalue weighted by Crippen LogP contribution is -2.42. The highest BCUT2D eigenvalue weighted by molar-refractivity contribution is 6.00. The average Bonchev–Trinajstić information content (AvgIpc) is 3.58. The van der Waals surface area contributed by atoms with E-state index < -0.39 is 0 Å². The van der Waals surface area contributed by atoms with Gasteiger partial charge in [0.05, 0.1) is 6.10 Å². The van der Waals surface area contributed by atoms with Crippen molar-refractivity contribution in [3.63, 3.8) is 0 Å². The molecule has 1 heterocycles. The summed E-state index contributed by atoms with van der Waals surface area (Å²) < 4.78 is 5.43. The zero-order valence-electron chi connectivity index (χ0n) is 15.7. The van der Waals surface area contributed by atoms with Crippen LogP contribution in [0.1, 0.15) is 46.4 Å². The van der Waals surface area contributed by atoms with Crippen LogP contribution in [0.5, 0.6) is 0 Å². The van der Waals surface area contributed by atoms with E-state index in [4.69, 9.17) is 4.74 Å². The van der Waals surface area contributed by atoms with Crippen molar-refractivity contribution in [1.29, 1.82) is 0 Å². The Morgan fingerprint density at radius 3 is 2.44 bits per heavy atom. The number of ether oxygens (including phenoxy) is 1. The first kappa shape index (κ1) is 17.9. The zero-order chi connectivity index (χ0) is 18.8. The van der Waals surface area contributed by atoms with Crippen LogP contribution in [0.2, 0.25) is 0 Å². The number of amides is 1. The van der Waals surface area contributed by atoms with Gasteiger partial charge in [-0.25, -0.2) is 0 Å². The van der Waals surface area contributed by atoms with E-state index in [0.717, 1.165) is 48.9 Å². The molecule has 4 heteroatoms. The third-order valence-corrected chi connectivity index (χ3v) is 5.56. The van der Waals surface area contributed by atoms with E-state index in [9.17, 15) is 9.59 Å². The number of benzene rings is 2. The summed E-state index contributed by atoms with van der Waals surface area (Å²) in [4.78, 5) is 26.9. The van der Waals surface area contributed by atoms with Gasteiger partial charge in [-0.05, 0) is 48.9 Å². The van der Waals surface area contributed by atoms with Crippen LogP contribution in [0, 0.1) is 5.92 Å². The Morgan fingerprint density at radius 1 is 0.963 bits per heavy atom. The number of nitrogens with zero attached hydrogens (tertiary/aromatic N) is 1. The molecule has 2 aliphatic rings. The highest BCUT2D eigenvalue weighted by atomic mass is 16.5. The number of carbonyl (C=O) groups is 2. The van der Waals surface area contributed by atoms with Crippen LogP contribution in [0.3, 0.4) is 0 Å². The van der Waals surface area contributed by atoms with Crippen molar-refractivity contribution in [2.24, 2.45) is 5.92 Å². The van der Waals surface area contributed by atoms with Gasteiger partial charge < -0.3 is 9.64 Å². The molecule has 0 N–H and O–H groups in total. The van der Waals surface area contributed by atoms with Gasteiger partial charge >= 0.3 is 0 Å². The molecule has 1 aliphatic heterocycles. The fourth-order valence-corrected chi connectivity index (χ4v) is 3.74. The van der Waals surface area contributed by atoms with Crippen LogP contribution in [-0.2, 0) is 4.74 Å². The monoisotopic (exact) mass is 363 g/mol. The van der Waals surface area contributed by atoms with E-state index in [1.807, 2.05) is 53.4 Å². The minimum atomic E-state index is 0.0548. The Bertz CT molecular complexity index is 839. The van der Waals surface area contributed by atoms with Gasteiger partial charge in [0.25, 0.3) is 5.91 Å². The molecule has 0 bridgehead atoms. The van der Waals surface area contributed by atoms with Crippen LogP contribution < -0.4 is 0 Å². The highest BCUT2D eigenvalue weighted by Gasteiger charge is 2.30. The van der Waals surface area contributed by atoms with E-state index in [1.54, 1.807) is 7.11 Å². The molecule has 0 unspecified atom stereocenters. The van der Waals surface area contributed by atoms with Crippen LogP contribution >= 0.6 is 0 Å². The maximum Gasteiger partial charge on any atom is 0.253 e. The van der Waals surface area contributed by atoms with Crippen molar-refractivity contribution in [3.8, 4) is 11.1 Å². The molecule has 2 aromatic carbocycles. The summed E-state index contributed by atoms with van der Waals surface area (Å²) in [5, 5.41) is 0. The Hall–Kier alpha value is -2.46. The molecule has 4 nitrogen and oxygen atoms in total. The predicted molar refractivity (Wildman–Crippen MR) is 105 cm³/mol. The summed E-state index contributed by atoms with van der Waals surface area (Å²) in [7, 11) is 1.71. The molecule has 27 heavy (non-hydrogen) atoms. The third kappa shape index (κ3) is 3.96. The molecule has 0 radical (unpaired) electrons. The molecule has 1 amide bonds. The molecular weight excluding hydrogens is 338 g/mol. The van der Waals surface area contributed by atoms with E-state index in [-0.39, 0.29) is 23.7 Å². The highest BCUT2D eigenvalue weighted by Crippen LogP contribution is 2.33. The van der Waals surface area contributed by atoms with Gasteiger partial charge in [-0.1, -0.05) is 36.4 Å². The Labute approximate surface area is 160 Å². The molecule has 0 aromatic heterocycles. The van der Waals surface area contributed by atoms with Crippen LogP contribution in [0.15, 0.2) is 48.5 Å². The SMILES string of the molecule is CO[C@H]1CCCN(C(=O)c2cccc(-c3ccc(C(=O)C4CC4)cc3)c2)C1. The molecule has 1 atom stereocenters.